The number of carbonyl (C=O) groups excluding carboxylic acids is 3. The molecule has 0 bridgehead atoms. The zero-order chi connectivity index (χ0) is 31.0. The number of carbonyl (C=O) groups is 4. The van der Waals surface area contributed by atoms with E-state index in [9.17, 15) is 24.3 Å². The topological polar surface area (TPSA) is 170 Å². The maximum absolute atomic E-state index is 12.3. The van der Waals surface area contributed by atoms with Crippen LogP contribution in [-0.2, 0) is 30.2 Å². The molecule has 0 aliphatic heterocycles. The van der Waals surface area contributed by atoms with Crippen LogP contribution in [0.5, 0.6) is 11.5 Å². The summed E-state index contributed by atoms with van der Waals surface area (Å²) in [5, 5.41) is 9.91. The van der Waals surface area contributed by atoms with Crippen molar-refractivity contribution in [2.24, 2.45) is 17.6 Å². The number of carboxylic acids is 1. The molecule has 0 fully saturated rings. The van der Waals surface area contributed by atoms with Crippen LogP contribution in [0.1, 0.15) is 79.2 Å². The van der Waals surface area contributed by atoms with Gasteiger partial charge in [-0.2, -0.15) is 0 Å². The number of benzene rings is 1. The molecule has 3 N–H and O–H groups in total. The first-order valence-corrected chi connectivity index (χ1v) is 13.9. The summed E-state index contributed by atoms with van der Waals surface area (Å²) in [4.78, 5) is 48.6. The maximum atomic E-state index is 12.3. The molecule has 0 radical (unpaired) electrons. The number of ether oxygens (including phenoxy) is 6. The van der Waals surface area contributed by atoms with Crippen molar-refractivity contribution in [3.63, 3.8) is 0 Å². The van der Waals surface area contributed by atoms with Crippen LogP contribution in [0.4, 0.5) is 14.4 Å². The van der Waals surface area contributed by atoms with Crippen LogP contribution in [0, 0.1) is 11.8 Å². The molecule has 2 atom stereocenters. The van der Waals surface area contributed by atoms with E-state index in [1.165, 1.54) is 25.1 Å². The molecule has 12 heteroatoms. The molecule has 0 heterocycles. The van der Waals surface area contributed by atoms with Crippen molar-refractivity contribution >= 4 is 24.4 Å². The van der Waals surface area contributed by atoms with E-state index in [2.05, 4.69) is 0 Å². The van der Waals surface area contributed by atoms with E-state index in [4.69, 9.17) is 34.2 Å². The predicted molar refractivity (Wildman–Crippen MR) is 149 cm³/mol. The minimum Gasteiger partial charge on any atom is -0.480 e. The highest BCUT2D eigenvalue weighted by atomic mass is 16.7. The molecule has 1 unspecified atom stereocenters. The number of unbranched alkanes of at least 4 members (excludes halogenated alkanes) is 1. The zero-order valence-electron chi connectivity index (χ0n) is 24.9. The van der Waals surface area contributed by atoms with Gasteiger partial charge in [-0.05, 0) is 55.7 Å². The number of hydrogen-bond donors (Lipinski definition) is 2. The number of aliphatic carboxylic acids is 1. The van der Waals surface area contributed by atoms with Gasteiger partial charge in [0.15, 0.2) is 11.5 Å². The van der Waals surface area contributed by atoms with Crippen LogP contribution in [0.3, 0.4) is 0 Å². The largest absolute Gasteiger partial charge is 0.513 e. The lowest BCUT2D eigenvalue weighted by Gasteiger charge is -2.28. The van der Waals surface area contributed by atoms with Crippen LogP contribution in [0.15, 0.2) is 18.2 Å². The fourth-order valence-corrected chi connectivity index (χ4v) is 3.47. The van der Waals surface area contributed by atoms with E-state index >= 15 is 0 Å². The lowest BCUT2D eigenvalue weighted by atomic mass is 9.86. The van der Waals surface area contributed by atoms with E-state index in [0.29, 0.717) is 36.7 Å². The summed E-state index contributed by atoms with van der Waals surface area (Å²) < 4.78 is 30.8. The van der Waals surface area contributed by atoms with Gasteiger partial charge in [0.25, 0.3) is 0 Å². The highest BCUT2D eigenvalue weighted by Gasteiger charge is 2.37. The molecule has 1 aromatic rings. The predicted octanol–water partition coefficient (Wildman–Crippen LogP) is 5.87. The van der Waals surface area contributed by atoms with Gasteiger partial charge in [-0.1, -0.05) is 47.1 Å². The van der Waals surface area contributed by atoms with Crippen LogP contribution < -0.4 is 15.2 Å². The molecule has 1 aromatic carbocycles. The molecule has 0 saturated carbocycles. The average Bonchev–Trinajstić information content (AvgIpc) is 2.85. The molecule has 232 valence electrons. The molecule has 0 aliphatic rings. The molecule has 0 spiro atoms. The number of nitrogens with two attached hydrogens (primary N) is 1. The lowest BCUT2D eigenvalue weighted by Crippen LogP contribution is -2.52. The van der Waals surface area contributed by atoms with Crippen molar-refractivity contribution in [1.82, 2.24) is 0 Å². The highest BCUT2D eigenvalue weighted by molar-refractivity contribution is 5.79. The van der Waals surface area contributed by atoms with Gasteiger partial charge in [0.05, 0.1) is 19.8 Å². The Morgan fingerprint density at radius 1 is 0.829 bits per heavy atom. The molecular weight excluding hydrogens is 538 g/mol. The number of carboxylic acid groups (broad SMARTS) is 1. The van der Waals surface area contributed by atoms with Gasteiger partial charge in [0.2, 0.25) is 0 Å². The smallest absolute Gasteiger partial charge is 0.480 e. The summed E-state index contributed by atoms with van der Waals surface area (Å²) >= 11 is 0. The van der Waals surface area contributed by atoms with Crippen molar-refractivity contribution in [2.75, 3.05) is 19.8 Å². The molecule has 1 rings (SSSR count). The van der Waals surface area contributed by atoms with Crippen molar-refractivity contribution in [2.45, 2.75) is 91.7 Å². The molecule has 0 amide bonds. The summed E-state index contributed by atoms with van der Waals surface area (Å²) in [5.41, 5.74) is 4.73. The third kappa shape index (κ3) is 14.6. The van der Waals surface area contributed by atoms with Crippen LogP contribution in [0.25, 0.3) is 0 Å². The summed E-state index contributed by atoms with van der Waals surface area (Å²) in [6, 6.07) is 4.14. The Kier molecular flexibility index (Phi) is 15.6. The Morgan fingerprint density at radius 3 is 1.88 bits per heavy atom. The van der Waals surface area contributed by atoms with E-state index < -0.39 is 36.1 Å². The number of rotatable bonds is 17. The van der Waals surface area contributed by atoms with Gasteiger partial charge in [0.1, 0.15) is 11.6 Å². The van der Waals surface area contributed by atoms with Gasteiger partial charge in [-0.25, -0.2) is 14.4 Å². The van der Waals surface area contributed by atoms with Gasteiger partial charge in [-0.15, -0.1) is 0 Å². The number of hydrogen-bond acceptors (Lipinski definition) is 11. The van der Waals surface area contributed by atoms with Crippen molar-refractivity contribution in [1.29, 1.82) is 0 Å². The Bertz CT molecular complexity index is 995. The fraction of sp³-hybridized carbons (Fsp3) is 0.655. The summed E-state index contributed by atoms with van der Waals surface area (Å²) in [6.07, 6.45) is -1.53. The molecule has 0 aliphatic carbocycles. The summed E-state index contributed by atoms with van der Waals surface area (Å²) in [6.45, 7) is 11.8. The molecule has 12 nitrogen and oxygen atoms in total. The van der Waals surface area contributed by atoms with E-state index in [1.807, 2.05) is 34.6 Å². The zero-order valence-corrected chi connectivity index (χ0v) is 24.9. The molecular formula is C29H45NO11. The second-order valence-corrected chi connectivity index (χ2v) is 10.8. The van der Waals surface area contributed by atoms with Crippen LogP contribution in [-0.4, -0.2) is 61.0 Å². The fourth-order valence-electron chi connectivity index (χ4n) is 3.47. The molecule has 41 heavy (non-hydrogen) atoms. The van der Waals surface area contributed by atoms with Crippen molar-refractivity contribution < 1.29 is 52.7 Å². The Balaban J connectivity index is 3.08. The van der Waals surface area contributed by atoms with Crippen LogP contribution in [0.2, 0.25) is 0 Å². The minimum atomic E-state index is -1.86. The first-order valence-electron chi connectivity index (χ1n) is 13.9. The SMILES string of the molecule is CCCCOC(=O)O[C@@H](C)CC(N)(Cc1ccc(OC(=O)OCCC(C)C)c(OC(=O)OCCC(C)C)c1)C(=O)O. The van der Waals surface area contributed by atoms with Gasteiger partial charge >= 0.3 is 24.4 Å². The van der Waals surface area contributed by atoms with E-state index in [-0.39, 0.29) is 44.2 Å². The van der Waals surface area contributed by atoms with E-state index in [1.54, 1.807) is 0 Å². The Hall–Kier alpha value is -3.54. The van der Waals surface area contributed by atoms with Gasteiger partial charge in [0, 0.05) is 12.8 Å². The monoisotopic (exact) mass is 583 g/mol. The standard InChI is InChI=1S/C29H45NO11/c1-7-8-13-36-26(33)39-21(6)17-29(30,25(31)32)18-22-9-10-23(40-27(34)37-14-11-19(2)3)24(16-22)41-28(35)38-15-12-20(4)5/h9-10,16,19-21H,7-8,11-15,17-18,30H2,1-6H3,(H,31,32)/t21-,29?/m0/s1. The first-order chi connectivity index (χ1) is 19.2. The normalized spacial score (nSPS) is 13.2. The van der Waals surface area contributed by atoms with Crippen molar-refractivity contribution in [3.05, 3.63) is 23.8 Å². The third-order valence-electron chi connectivity index (χ3n) is 5.84. The third-order valence-corrected chi connectivity index (χ3v) is 5.84. The second kappa shape index (κ2) is 18.0. The van der Waals surface area contributed by atoms with Gasteiger partial charge < -0.3 is 39.3 Å². The summed E-state index contributed by atoms with van der Waals surface area (Å²) in [7, 11) is 0. The van der Waals surface area contributed by atoms with Gasteiger partial charge in [-0.3, -0.25) is 4.79 Å². The van der Waals surface area contributed by atoms with Crippen molar-refractivity contribution in [3.8, 4) is 11.5 Å². The highest BCUT2D eigenvalue weighted by Crippen LogP contribution is 2.31. The Morgan fingerprint density at radius 2 is 1.37 bits per heavy atom. The molecule has 0 aromatic heterocycles. The summed E-state index contributed by atoms with van der Waals surface area (Å²) in [5.74, 6) is -1.05. The first kappa shape index (κ1) is 35.5. The van der Waals surface area contributed by atoms with E-state index in [0.717, 1.165) is 6.42 Å². The van der Waals surface area contributed by atoms with Crippen LogP contribution >= 0.6 is 0 Å². The quantitative estimate of drug-likeness (QED) is 0.0969. The lowest BCUT2D eigenvalue weighted by molar-refractivity contribution is -0.144. The second-order valence-electron chi connectivity index (χ2n) is 10.8. The minimum absolute atomic E-state index is 0.118. The average molecular weight is 584 g/mol. The maximum Gasteiger partial charge on any atom is 0.513 e. The Labute approximate surface area is 241 Å². The molecule has 0 saturated heterocycles.